The molecule has 170 valence electrons. The Morgan fingerprint density at radius 3 is 2.53 bits per heavy atom. The van der Waals surface area contributed by atoms with Crippen LogP contribution >= 0.6 is 0 Å². The highest BCUT2D eigenvalue weighted by Gasteiger charge is 2.75. The minimum absolute atomic E-state index is 0.0927. The second kappa shape index (κ2) is 8.83. The molecule has 6 atom stereocenters. The predicted octanol–water partition coefficient (Wildman–Crippen LogP) is 0.819. The summed E-state index contributed by atoms with van der Waals surface area (Å²) in [5.74, 6) is -1.71. The van der Waals surface area contributed by atoms with E-state index in [1.807, 2.05) is 34.6 Å². The van der Waals surface area contributed by atoms with Crippen molar-refractivity contribution in [2.24, 2.45) is 17.8 Å². The van der Waals surface area contributed by atoms with Gasteiger partial charge in [0.25, 0.3) is 0 Å². The number of carbonyl (C=O) groups excluding carboxylic acids is 3. The van der Waals surface area contributed by atoms with Gasteiger partial charge in [0.2, 0.25) is 17.7 Å². The van der Waals surface area contributed by atoms with Crippen molar-refractivity contribution in [1.29, 1.82) is 0 Å². The van der Waals surface area contributed by atoms with Crippen LogP contribution in [0.4, 0.5) is 0 Å². The molecule has 8 heteroatoms. The zero-order valence-electron chi connectivity index (χ0n) is 18.8. The summed E-state index contributed by atoms with van der Waals surface area (Å²) in [6.45, 7) is 10.1. The van der Waals surface area contributed by atoms with E-state index in [-0.39, 0.29) is 42.4 Å². The maximum absolute atomic E-state index is 13.7. The van der Waals surface area contributed by atoms with Gasteiger partial charge in [-0.15, -0.1) is 0 Å². The Labute approximate surface area is 179 Å². The first-order chi connectivity index (χ1) is 14.2. The number of hydrogen-bond donors (Lipinski definition) is 3. The molecule has 1 spiro atoms. The first kappa shape index (κ1) is 23.0. The number of carbonyl (C=O) groups is 3. The molecule has 3 aliphatic heterocycles. The van der Waals surface area contributed by atoms with Crippen LogP contribution in [0, 0.1) is 17.8 Å². The standard InChI is InChI=1S/C22H37N3O5/c1-6-9-23-19(27)16-15-7-8-22(30-15)17(16)21(29)25(14(11-26)10-12(2)3)18(22)20(28)24-13(4)5/h12-18,26H,6-11H2,1-5H3,(H,23,27)(H,24,28)/t14-,15-,16+,17+,18?,22?/m1/s1. The van der Waals surface area contributed by atoms with Crippen LogP contribution in [-0.4, -0.2) is 70.7 Å². The van der Waals surface area contributed by atoms with E-state index in [0.29, 0.717) is 25.8 Å². The Balaban J connectivity index is 2.01. The minimum atomic E-state index is -1.00. The van der Waals surface area contributed by atoms with Crippen molar-refractivity contribution in [3.8, 4) is 0 Å². The Morgan fingerprint density at radius 1 is 1.27 bits per heavy atom. The van der Waals surface area contributed by atoms with Gasteiger partial charge < -0.3 is 25.4 Å². The Bertz CT molecular complexity index is 682. The second-order valence-corrected chi connectivity index (χ2v) is 9.72. The lowest BCUT2D eigenvalue weighted by Gasteiger charge is -2.37. The molecule has 3 N–H and O–H groups in total. The molecule has 3 amide bonds. The number of hydrogen-bond acceptors (Lipinski definition) is 5. The van der Waals surface area contributed by atoms with Crippen molar-refractivity contribution in [1.82, 2.24) is 15.5 Å². The lowest BCUT2D eigenvalue weighted by Crippen LogP contribution is -2.59. The lowest BCUT2D eigenvalue weighted by atomic mass is 9.70. The molecule has 3 fully saturated rings. The maximum Gasteiger partial charge on any atom is 0.246 e. The van der Waals surface area contributed by atoms with E-state index < -0.39 is 29.5 Å². The average Bonchev–Trinajstić information content (AvgIpc) is 3.30. The van der Waals surface area contributed by atoms with Crippen LogP contribution in [0.2, 0.25) is 0 Å². The van der Waals surface area contributed by atoms with Crippen LogP contribution in [-0.2, 0) is 19.1 Å². The third-order valence-electron chi connectivity index (χ3n) is 6.62. The van der Waals surface area contributed by atoms with Gasteiger partial charge in [0.1, 0.15) is 11.6 Å². The topological polar surface area (TPSA) is 108 Å². The van der Waals surface area contributed by atoms with Crippen molar-refractivity contribution < 1.29 is 24.2 Å². The summed E-state index contributed by atoms with van der Waals surface area (Å²) in [4.78, 5) is 41.5. The highest BCUT2D eigenvalue weighted by atomic mass is 16.5. The van der Waals surface area contributed by atoms with E-state index in [0.717, 1.165) is 6.42 Å². The van der Waals surface area contributed by atoms with E-state index in [9.17, 15) is 19.5 Å². The first-order valence-electron chi connectivity index (χ1n) is 11.4. The smallest absolute Gasteiger partial charge is 0.246 e. The largest absolute Gasteiger partial charge is 0.394 e. The number of nitrogens with one attached hydrogen (secondary N) is 2. The van der Waals surface area contributed by atoms with Crippen LogP contribution in [0.15, 0.2) is 0 Å². The number of nitrogens with zero attached hydrogens (tertiary/aromatic N) is 1. The van der Waals surface area contributed by atoms with Gasteiger partial charge in [-0.25, -0.2) is 0 Å². The molecule has 2 bridgehead atoms. The monoisotopic (exact) mass is 423 g/mol. The van der Waals surface area contributed by atoms with Gasteiger partial charge in [0, 0.05) is 12.6 Å². The molecule has 8 nitrogen and oxygen atoms in total. The zero-order valence-corrected chi connectivity index (χ0v) is 18.8. The van der Waals surface area contributed by atoms with Crippen LogP contribution < -0.4 is 10.6 Å². The fourth-order valence-corrected chi connectivity index (χ4v) is 5.63. The van der Waals surface area contributed by atoms with Gasteiger partial charge in [0.05, 0.1) is 30.6 Å². The summed E-state index contributed by atoms with van der Waals surface area (Å²) >= 11 is 0. The summed E-state index contributed by atoms with van der Waals surface area (Å²) in [6, 6.07) is -1.41. The average molecular weight is 424 g/mol. The number of amides is 3. The SMILES string of the molecule is CCCNC(=O)[C@@H]1[C@H]2C(=O)N([C@@H](CO)CC(C)C)C(C(=O)NC(C)C)C23CC[C@H]1O3. The summed E-state index contributed by atoms with van der Waals surface area (Å²) < 4.78 is 6.35. The molecule has 0 aliphatic carbocycles. The van der Waals surface area contributed by atoms with E-state index in [4.69, 9.17) is 4.74 Å². The molecule has 3 heterocycles. The lowest BCUT2D eigenvalue weighted by molar-refractivity contribution is -0.146. The molecule has 0 radical (unpaired) electrons. The molecule has 0 aromatic heterocycles. The Morgan fingerprint density at radius 2 is 1.97 bits per heavy atom. The normalized spacial score (nSPS) is 33.3. The molecule has 3 rings (SSSR count). The number of fused-ring (bicyclic) bond motifs is 1. The van der Waals surface area contributed by atoms with Crippen molar-refractivity contribution in [3.63, 3.8) is 0 Å². The zero-order chi connectivity index (χ0) is 22.2. The van der Waals surface area contributed by atoms with Crippen LogP contribution in [0.3, 0.4) is 0 Å². The van der Waals surface area contributed by atoms with E-state index in [1.165, 1.54) is 0 Å². The number of aliphatic hydroxyl groups excluding tert-OH is 1. The van der Waals surface area contributed by atoms with Gasteiger partial charge in [-0.2, -0.15) is 0 Å². The third-order valence-corrected chi connectivity index (χ3v) is 6.62. The van der Waals surface area contributed by atoms with Gasteiger partial charge in [-0.3, -0.25) is 14.4 Å². The molecule has 0 aromatic rings. The van der Waals surface area contributed by atoms with E-state index >= 15 is 0 Å². The van der Waals surface area contributed by atoms with E-state index in [1.54, 1.807) is 4.90 Å². The van der Waals surface area contributed by atoms with Crippen molar-refractivity contribution in [2.45, 2.75) is 90.1 Å². The maximum atomic E-state index is 13.7. The predicted molar refractivity (Wildman–Crippen MR) is 111 cm³/mol. The molecule has 0 aromatic carbocycles. The fourth-order valence-electron chi connectivity index (χ4n) is 5.63. The minimum Gasteiger partial charge on any atom is -0.394 e. The molecular weight excluding hydrogens is 386 g/mol. The number of aliphatic hydroxyl groups is 1. The molecule has 0 saturated carbocycles. The quantitative estimate of drug-likeness (QED) is 0.509. The highest BCUT2D eigenvalue weighted by molar-refractivity contribution is 5.99. The van der Waals surface area contributed by atoms with Gasteiger partial charge in [-0.1, -0.05) is 20.8 Å². The van der Waals surface area contributed by atoms with Crippen molar-refractivity contribution >= 4 is 17.7 Å². The summed E-state index contributed by atoms with van der Waals surface area (Å²) in [5.41, 5.74) is -1.00. The summed E-state index contributed by atoms with van der Waals surface area (Å²) in [6.07, 6.45) is 2.26. The molecule has 3 saturated heterocycles. The van der Waals surface area contributed by atoms with Gasteiger partial charge in [-0.05, 0) is 45.4 Å². The number of ether oxygens (including phenoxy) is 1. The molecular formula is C22H37N3O5. The van der Waals surface area contributed by atoms with Crippen molar-refractivity contribution in [2.75, 3.05) is 13.2 Å². The Kier molecular flexibility index (Phi) is 6.77. The van der Waals surface area contributed by atoms with Gasteiger partial charge in [0.15, 0.2) is 0 Å². The summed E-state index contributed by atoms with van der Waals surface area (Å²) in [7, 11) is 0. The number of likely N-dealkylation sites (tertiary alicyclic amines) is 1. The number of rotatable bonds is 9. The third kappa shape index (κ3) is 3.73. The van der Waals surface area contributed by atoms with E-state index in [2.05, 4.69) is 10.6 Å². The second-order valence-electron chi connectivity index (χ2n) is 9.72. The molecule has 3 aliphatic rings. The Hall–Kier alpha value is -1.67. The summed E-state index contributed by atoms with van der Waals surface area (Å²) in [5, 5.41) is 16.0. The highest BCUT2D eigenvalue weighted by Crippen LogP contribution is 2.58. The van der Waals surface area contributed by atoms with Gasteiger partial charge >= 0.3 is 0 Å². The fraction of sp³-hybridized carbons (Fsp3) is 0.864. The van der Waals surface area contributed by atoms with Crippen LogP contribution in [0.25, 0.3) is 0 Å². The molecule has 2 unspecified atom stereocenters. The molecule has 30 heavy (non-hydrogen) atoms. The van der Waals surface area contributed by atoms with Crippen LogP contribution in [0.5, 0.6) is 0 Å². The van der Waals surface area contributed by atoms with Crippen molar-refractivity contribution in [3.05, 3.63) is 0 Å². The van der Waals surface area contributed by atoms with Crippen LogP contribution in [0.1, 0.15) is 60.3 Å². The first-order valence-corrected chi connectivity index (χ1v) is 11.4.